The lowest BCUT2D eigenvalue weighted by Crippen LogP contribution is -2.39. The van der Waals surface area contributed by atoms with Crippen LogP contribution in [0.5, 0.6) is 5.75 Å². The van der Waals surface area contributed by atoms with Gasteiger partial charge in [-0.05, 0) is 67.9 Å². The summed E-state index contributed by atoms with van der Waals surface area (Å²) in [5.74, 6) is -0.286. The number of ether oxygens (including phenoxy) is 1. The number of carboxylic acid groups (broad SMARTS) is 1. The Morgan fingerprint density at radius 3 is 2.63 bits per heavy atom. The van der Waals surface area contributed by atoms with Crippen molar-refractivity contribution in [3.05, 3.63) is 34.9 Å². The van der Waals surface area contributed by atoms with E-state index >= 15 is 0 Å². The van der Waals surface area contributed by atoms with E-state index in [1.165, 1.54) is 5.57 Å². The maximum Gasteiger partial charge on any atom is 0.389 e. The molecule has 0 saturated heterocycles. The Kier molecular flexibility index (Phi) is 8.35. The third-order valence-corrected chi connectivity index (χ3v) is 5.57. The Labute approximate surface area is 176 Å². The van der Waals surface area contributed by atoms with E-state index in [-0.39, 0.29) is 25.1 Å². The van der Waals surface area contributed by atoms with E-state index in [1.807, 2.05) is 19.1 Å². The van der Waals surface area contributed by atoms with Gasteiger partial charge < -0.3 is 15.2 Å². The van der Waals surface area contributed by atoms with Gasteiger partial charge in [0.2, 0.25) is 0 Å². The first-order valence-electron chi connectivity index (χ1n) is 10.5. The van der Waals surface area contributed by atoms with Crippen molar-refractivity contribution in [1.29, 1.82) is 0 Å². The number of benzene rings is 1. The van der Waals surface area contributed by atoms with Crippen LogP contribution in [-0.4, -0.2) is 35.9 Å². The van der Waals surface area contributed by atoms with Gasteiger partial charge in [0.15, 0.2) is 0 Å². The predicted molar refractivity (Wildman–Crippen MR) is 112 cm³/mol. The molecule has 1 aromatic carbocycles. The fourth-order valence-corrected chi connectivity index (χ4v) is 4.00. The van der Waals surface area contributed by atoms with Crippen LogP contribution < -0.4 is 10.1 Å². The maximum atomic E-state index is 12.2. The molecule has 0 aliphatic heterocycles. The molecule has 1 unspecified atom stereocenters. The molecule has 0 heterocycles. The molecular weight excluding hydrogens is 395 g/mol. The lowest BCUT2D eigenvalue weighted by molar-refractivity contribution is -0.141. The minimum Gasteiger partial charge on any atom is -0.494 e. The standard InChI is InChI=1S/C23H32F3NO3/c1-14-11-19-12-20(30-9-5-8-23(24,25)26)7-6-18(19)13-21(14)17(4)27-16(3)10-15(2)22(28)29/h6-7,12-17,27H,5,8-11H2,1-4H3,(H,28,29)/t14-,15-,16+,17?/m0/s1. The molecule has 0 amide bonds. The van der Waals surface area contributed by atoms with Gasteiger partial charge in [0.05, 0.1) is 12.5 Å². The second-order valence-electron chi connectivity index (χ2n) is 8.44. The molecule has 30 heavy (non-hydrogen) atoms. The molecule has 0 bridgehead atoms. The Hall–Kier alpha value is -2.02. The first-order valence-corrected chi connectivity index (χ1v) is 10.5. The third kappa shape index (κ3) is 7.35. The van der Waals surface area contributed by atoms with Crippen molar-refractivity contribution in [2.45, 2.75) is 71.6 Å². The SMILES string of the molecule is CC(N[C@H](C)C[C@H](C)C(=O)O)C1=Cc2ccc(OCCCC(F)(F)F)cc2C[C@@H]1C. The molecule has 0 spiro atoms. The van der Waals surface area contributed by atoms with E-state index in [4.69, 9.17) is 9.84 Å². The van der Waals surface area contributed by atoms with Crippen LogP contribution in [-0.2, 0) is 11.2 Å². The first-order chi connectivity index (χ1) is 14.0. The number of rotatable bonds is 10. The van der Waals surface area contributed by atoms with Gasteiger partial charge in [0, 0.05) is 18.5 Å². The number of aliphatic carboxylic acids is 1. The van der Waals surface area contributed by atoms with Crippen LogP contribution in [0.4, 0.5) is 13.2 Å². The zero-order valence-electron chi connectivity index (χ0n) is 18.1. The van der Waals surface area contributed by atoms with E-state index < -0.39 is 24.5 Å². The summed E-state index contributed by atoms with van der Waals surface area (Å²) in [6.07, 6.45) is -1.50. The molecule has 2 rings (SSSR count). The minimum atomic E-state index is -4.15. The van der Waals surface area contributed by atoms with Crippen LogP contribution >= 0.6 is 0 Å². The van der Waals surface area contributed by atoms with Gasteiger partial charge in [-0.3, -0.25) is 4.79 Å². The van der Waals surface area contributed by atoms with Crippen molar-refractivity contribution >= 4 is 12.0 Å². The third-order valence-electron chi connectivity index (χ3n) is 5.57. The molecule has 0 aromatic heterocycles. The van der Waals surface area contributed by atoms with Crippen LogP contribution in [0.1, 0.15) is 58.1 Å². The normalized spacial score (nSPS) is 19.4. The van der Waals surface area contributed by atoms with Gasteiger partial charge in [0.25, 0.3) is 0 Å². The molecule has 1 aliphatic carbocycles. The van der Waals surface area contributed by atoms with Crippen molar-refractivity contribution in [3.63, 3.8) is 0 Å². The van der Waals surface area contributed by atoms with Crippen LogP contribution in [0, 0.1) is 11.8 Å². The van der Waals surface area contributed by atoms with Gasteiger partial charge in [-0.15, -0.1) is 0 Å². The highest BCUT2D eigenvalue weighted by Crippen LogP contribution is 2.33. The van der Waals surface area contributed by atoms with Crippen molar-refractivity contribution in [2.24, 2.45) is 11.8 Å². The second kappa shape index (κ2) is 10.3. The lowest BCUT2D eigenvalue weighted by atomic mass is 9.81. The summed E-state index contributed by atoms with van der Waals surface area (Å²) in [5, 5.41) is 12.6. The summed E-state index contributed by atoms with van der Waals surface area (Å²) in [6, 6.07) is 5.85. The van der Waals surface area contributed by atoms with Gasteiger partial charge in [0.1, 0.15) is 5.75 Å². The van der Waals surface area contributed by atoms with Crippen LogP contribution in [0.15, 0.2) is 23.8 Å². The fourth-order valence-electron chi connectivity index (χ4n) is 4.00. The van der Waals surface area contributed by atoms with Crippen LogP contribution in [0.25, 0.3) is 6.08 Å². The average Bonchev–Trinajstić information content (AvgIpc) is 2.63. The van der Waals surface area contributed by atoms with Crippen molar-refractivity contribution in [3.8, 4) is 5.75 Å². The summed E-state index contributed by atoms with van der Waals surface area (Å²) < 4.78 is 42.2. The Bertz CT molecular complexity index is 761. The topological polar surface area (TPSA) is 58.6 Å². The number of carboxylic acids is 1. The molecular formula is C23H32F3NO3. The largest absolute Gasteiger partial charge is 0.494 e. The molecule has 4 atom stereocenters. The highest BCUT2D eigenvalue weighted by atomic mass is 19.4. The van der Waals surface area contributed by atoms with Gasteiger partial charge >= 0.3 is 12.1 Å². The fraction of sp³-hybridized carbons (Fsp3) is 0.609. The number of alkyl halides is 3. The molecule has 0 saturated carbocycles. The smallest absolute Gasteiger partial charge is 0.389 e. The van der Waals surface area contributed by atoms with Gasteiger partial charge in [-0.1, -0.05) is 26.0 Å². The zero-order chi connectivity index (χ0) is 22.5. The molecule has 0 radical (unpaired) electrons. The van der Waals surface area contributed by atoms with E-state index in [0.717, 1.165) is 17.5 Å². The number of fused-ring (bicyclic) bond motifs is 1. The molecule has 7 heteroatoms. The predicted octanol–water partition coefficient (Wildman–Crippen LogP) is 5.46. The lowest BCUT2D eigenvalue weighted by Gasteiger charge is -2.30. The molecule has 1 aromatic rings. The summed E-state index contributed by atoms with van der Waals surface area (Å²) >= 11 is 0. The van der Waals surface area contributed by atoms with E-state index in [0.29, 0.717) is 18.1 Å². The number of halogens is 3. The Morgan fingerprint density at radius 1 is 1.30 bits per heavy atom. The number of nitrogens with one attached hydrogen (secondary N) is 1. The Morgan fingerprint density at radius 2 is 2.00 bits per heavy atom. The number of hydrogen-bond donors (Lipinski definition) is 2. The summed E-state index contributed by atoms with van der Waals surface area (Å²) in [4.78, 5) is 11.1. The van der Waals surface area contributed by atoms with Gasteiger partial charge in [-0.25, -0.2) is 0 Å². The van der Waals surface area contributed by atoms with Crippen LogP contribution in [0.3, 0.4) is 0 Å². The molecule has 2 N–H and O–H groups in total. The van der Waals surface area contributed by atoms with E-state index in [1.54, 1.807) is 13.0 Å². The molecule has 0 fully saturated rings. The minimum absolute atomic E-state index is 0.0442. The Balaban J connectivity index is 1.98. The monoisotopic (exact) mass is 427 g/mol. The van der Waals surface area contributed by atoms with Crippen molar-refractivity contribution in [2.75, 3.05) is 6.61 Å². The molecule has 4 nitrogen and oxygen atoms in total. The highest BCUT2D eigenvalue weighted by Gasteiger charge is 2.26. The molecule has 1 aliphatic rings. The summed E-state index contributed by atoms with van der Waals surface area (Å²) in [7, 11) is 0. The first kappa shape index (κ1) is 24.3. The van der Waals surface area contributed by atoms with Gasteiger partial charge in [-0.2, -0.15) is 13.2 Å². The van der Waals surface area contributed by atoms with Crippen LogP contribution in [0.2, 0.25) is 0 Å². The zero-order valence-corrected chi connectivity index (χ0v) is 18.1. The average molecular weight is 428 g/mol. The molecule has 168 valence electrons. The number of carbonyl (C=O) groups is 1. The van der Waals surface area contributed by atoms with E-state index in [9.17, 15) is 18.0 Å². The van der Waals surface area contributed by atoms with E-state index in [2.05, 4.69) is 25.2 Å². The summed E-state index contributed by atoms with van der Waals surface area (Å²) in [6.45, 7) is 8.00. The highest BCUT2D eigenvalue weighted by molar-refractivity contribution is 5.69. The maximum absolute atomic E-state index is 12.2. The van der Waals surface area contributed by atoms with Crippen molar-refractivity contribution in [1.82, 2.24) is 5.32 Å². The van der Waals surface area contributed by atoms with Crippen molar-refractivity contribution < 1.29 is 27.8 Å². The quantitative estimate of drug-likeness (QED) is 0.487. The second-order valence-corrected chi connectivity index (χ2v) is 8.44. The summed E-state index contributed by atoms with van der Waals surface area (Å²) in [5.41, 5.74) is 3.47. The number of hydrogen-bond acceptors (Lipinski definition) is 3.